The molecule has 3 fully saturated rings. The molecule has 1 unspecified atom stereocenters. The molecule has 50 heavy (non-hydrogen) atoms. The zero-order chi connectivity index (χ0) is 35.7. The Morgan fingerprint density at radius 1 is 1.00 bits per heavy atom. The molecule has 14 heteroatoms. The fourth-order valence-electron chi connectivity index (χ4n) is 7.73. The van der Waals surface area contributed by atoms with Crippen LogP contribution in [0, 0.1) is 12.3 Å². The first-order chi connectivity index (χ1) is 23.6. The van der Waals surface area contributed by atoms with Gasteiger partial charge in [-0.25, -0.2) is 15.0 Å². The van der Waals surface area contributed by atoms with Crippen LogP contribution < -0.4 is 5.32 Å². The normalized spacial score (nSPS) is 23.9. The SMILES string of the molecule is CC(=O)c1nn(CC(=O)N2C3C[C@]3(C)C[C@H]2C(=O)Nc2nc(Br)ccc2CN2C(C)(C)COCC2(C)C)c2cnc(-c3cnc(C)nc3)cc12. The summed E-state index contributed by atoms with van der Waals surface area (Å²) in [5.41, 5.74) is 2.37. The summed E-state index contributed by atoms with van der Waals surface area (Å²) in [7, 11) is 0. The number of likely N-dealkylation sites (tertiary alicyclic amines) is 1. The largest absolute Gasteiger partial charge is 0.378 e. The minimum Gasteiger partial charge on any atom is -0.378 e. The number of pyridine rings is 2. The summed E-state index contributed by atoms with van der Waals surface area (Å²) in [6.07, 6.45) is 6.35. The number of ether oxygens (including phenoxy) is 1. The van der Waals surface area contributed by atoms with Crippen molar-refractivity contribution in [1.82, 2.24) is 39.5 Å². The fraction of sp³-hybridized carbons (Fsp3) is 0.500. The van der Waals surface area contributed by atoms with Gasteiger partial charge >= 0.3 is 0 Å². The van der Waals surface area contributed by atoms with Crippen LogP contribution in [0.1, 0.15) is 76.3 Å². The Bertz CT molecular complexity index is 2010. The van der Waals surface area contributed by atoms with Crippen LogP contribution in [0.25, 0.3) is 22.2 Å². The Kier molecular flexibility index (Phi) is 8.42. The van der Waals surface area contributed by atoms with Gasteiger partial charge < -0.3 is 15.0 Å². The molecular weight excluding hydrogens is 702 g/mol. The molecule has 1 saturated carbocycles. The highest BCUT2D eigenvalue weighted by Gasteiger charge is 2.64. The molecule has 7 rings (SSSR count). The molecule has 2 amide bonds. The van der Waals surface area contributed by atoms with Gasteiger partial charge in [0.25, 0.3) is 0 Å². The van der Waals surface area contributed by atoms with E-state index in [9.17, 15) is 14.4 Å². The van der Waals surface area contributed by atoms with Crippen molar-refractivity contribution < 1.29 is 19.1 Å². The van der Waals surface area contributed by atoms with E-state index in [4.69, 9.17) is 4.74 Å². The molecule has 6 heterocycles. The highest BCUT2D eigenvalue weighted by molar-refractivity contribution is 9.10. The molecule has 1 aliphatic carbocycles. The summed E-state index contributed by atoms with van der Waals surface area (Å²) in [6.45, 7) is 15.6. The van der Waals surface area contributed by atoms with Gasteiger partial charge in [-0.3, -0.25) is 28.9 Å². The highest BCUT2D eigenvalue weighted by atomic mass is 79.9. The van der Waals surface area contributed by atoms with Crippen LogP contribution in [0.5, 0.6) is 0 Å². The average Bonchev–Trinajstić information content (AvgIpc) is 3.41. The third kappa shape index (κ3) is 6.21. The van der Waals surface area contributed by atoms with Crippen LogP contribution in [-0.4, -0.2) is 93.5 Å². The molecule has 0 bridgehead atoms. The maximum atomic E-state index is 14.2. The smallest absolute Gasteiger partial charge is 0.248 e. The predicted molar refractivity (Wildman–Crippen MR) is 190 cm³/mol. The number of amides is 2. The van der Waals surface area contributed by atoms with Gasteiger partial charge in [0, 0.05) is 59.5 Å². The number of carbonyl (C=O) groups excluding carboxylic acids is 3. The second-order valence-corrected chi connectivity index (χ2v) is 16.2. The van der Waals surface area contributed by atoms with E-state index < -0.39 is 6.04 Å². The standard InChI is InChI=1S/C36H42BrN9O4/c1-20(47)31-24-10-25(23-13-38-21(2)39-14-23)40-15-27(24)44(43-31)17-30(48)46-26(11-36(7)12-28(36)46)33(49)42-32-22(8-9-29(37)41-32)16-45-34(3,4)18-50-19-35(45,5)6/h8-10,13-15,26,28H,11-12,16-19H2,1-7H3,(H,41,42,49)/t26-,28?,36-/m0/s1. The van der Waals surface area contributed by atoms with Crippen LogP contribution >= 0.6 is 15.9 Å². The third-order valence-electron chi connectivity index (χ3n) is 10.4. The van der Waals surface area contributed by atoms with Gasteiger partial charge in [-0.05, 0) is 80.9 Å². The lowest BCUT2D eigenvalue weighted by Crippen LogP contribution is -2.62. The number of carbonyl (C=O) groups is 3. The zero-order valence-corrected chi connectivity index (χ0v) is 31.0. The van der Waals surface area contributed by atoms with Gasteiger partial charge in [-0.1, -0.05) is 13.0 Å². The van der Waals surface area contributed by atoms with Crippen molar-refractivity contribution in [3.63, 3.8) is 0 Å². The molecule has 3 aliphatic rings. The number of hydrogen-bond donors (Lipinski definition) is 1. The van der Waals surface area contributed by atoms with Crippen molar-refractivity contribution in [3.05, 3.63) is 58.5 Å². The number of halogens is 1. The number of hydrogen-bond acceptors (Lipinski definition) is 10. The first-order valence-corrected chi connectivity index (χ1v) is 17.7. The first-order valence-electron chi connectivity index (χ1n) is 16.9. The Balaban J connectivity index is 1.14. The molecule has 13 nitrogen and oxygen atoms in total. The van der Waals surface area contributed by atoms with Crippen molar-refractivity contribution in [3.8, 4) is 11.3 Å². The van der Waals surface area contributed by atoms with Crippen LogP contribution in [0.2, 0.25) is 0 Å². The zero-order valence-electron chi connectivity index (χ0n) is 29.5. The van der Waals surface area contributed by atoms with Gasteiger partial charge in [0.1, 0.15) is 34.5 Å². The molecule has 2 saturated heterocycles. The van der Waals surface area contributed by atoms with Crippen LogP contribution in [-0.2, 0) is 27.4 Å². The van der Waals surface area contributed by atoms with Gasteiger partial charge in [0.05, 0.1) is 30.6 Å². The van der Waals surface area contributed by atoms with E-state index in [0.29, 0.717) is 64.6 Å². The van der Waals surface area contributed by atoms with Crippen LogP contribution in [0.3, 0.4) is 0 Å². The van der Waals surface area contributed by atoms with E-state index in [1.807, 2.05) is 12.1 Å². The molecule has 2 aliphatic heterocycles. The maximum Gasteiger partial charge on any atom is 0.248 e. The number of morpholine rings is 1. The number of ketones is 1. The lowest BCUT2D eigenvalue weighted by atomic mass is 9.91. The summed E-state index contributed by atoms with van der Waals surface area (Å²) in [4.78, 5) is 62.8. The molecule has 262 valence electrons. The third-order valence-corrected chi connectivity index (χ3v) is 10.9. The summed E-state index contributed by atoms with van der Waals surface area (Å²) in [5.74, 6) is 0.353. The Hall–Kier alpha value is -4.14. The van der Waals surface area contributed by atoms with Crippen molar-refractivity contribution in [2.24, 2.45) is 5.41 Å². The van der Waals surface area contributed by atoms with Crippen molar-refractivity contribution in [1.29, 1.82) is 0 Å². The second kappa shape index (κ2) is 12.3. The number of piperidine rings is 1. The van der Waals surface area contributed by atoms with E-state index in [2.05, 4.69) is 85.8 Å². The van der Waals surface area contributed by atoms with E-state index >= 15 is 0 Å². The summed E-state index contributed by atoms with van der Waals surface area (Å²) >= 11 is 3.48. The maximum absolute atomic E-state index is 14.2. The van der Waals surface area contributed by atoms with Gasteiger partial charge in [0.2, 0.25) is 11.8 Å². The van der Waals surface area contributed by atoms with Crippen LogP contribution in [0.15, 0.2) is 41.4 Å². The van der Waals surface area contributed by atoms with Gasteiger partial charge in [0.15, 0.2) is 5.78 Å². The summed E-state index contributed by atoms with van der Waals surface area (Å²) in [5, 5.41) is 8.25. The van der Waals surface area contributed by atoms with Gasteiger partial charge in [-0.15, -0.1) is 0 Å². The number of fused-ring (bicyclic) bond motifs is 2. The number of nitrogens with one attached hydrogen (secondary N) is 1. The minimum atomic E-state index is -0.684. The first kappa shape index (κ1) is 34.3. The topological polar surface area (TPSA) is 148 Å². The summed E-state index contributed by atoms with van der Waals surface area (Å²) < 4.78 is 8.03. The summed E-state index contributed by atoms with van der Waals surface area (Å²) in [6, 6.07) is 4.89. The molecule has 0 spiro atoms. The number of nitrogens with zero attached hydrogens (tertiary/aromatic N) is 8. The lowest BCUT2D eigenvalue weighted by molar-refractivity contribution is -0.138. The number of aromatic nitrogens is 6. The second-order valence-electron chi connectivity index (χ2n) is 15.4. The van der Waals surface area contributed by atoms with E-state index in [1.54, 1.807) is 36.5 Å². The Morgan fingerprint density at radius 3 is 2.38 bits per heavy atom. The van der Waals surface area contributed by atoms with Crippen molar-refractivity contribution in [2.45, 2.75) is 97.6 Å². The van der Waals surface area contributed by atoms with Crippen LogP contribution in [0.4, 0.5) is 5.82 Å². The number of anilines is 1. The number of rotatable bonds is 8. The van der Waals surface area contributed by atoms with E-state index in [0.717, 1.165) is 12.0 Å². The molecule has 1 N–H and O–H groups in total. The Labute approximate surface area is 299 Å². The molecular formula is C36H42BrN9O4. The highest BCUT2D eigenvalue weighted by Crippen LogP contribution is 2.59. The van der Waals surface area contributed by atoms with Crippen molar-refractivity contribution >= 4 is 50.2 Å². The molecule has 0 radical (unpaired) electrons. The number of aryl methyl sites for hydroxylation is 1. The lowest BCUT2D eigenvalue weighted by Gasteiger charge is -2.52. The predicted octanol–water partition coefficient (Wildman–Crippen LogP) is 4.96. The molecule has 4 aromatic rings. The molecule has 0 aromatic carbocycles. The molecule has 4 aromatic heterocycles. The van der Waals surface area contributed by atoms with E-state index in [1.165, 1.54) is 11.6 Å². The number of Topliss-reactive ketones (excluding diaryl/α,β-unsaturated/α-hetero) is 1. The minimum absolute atomic E-state index is 0.0593. The monoisotopic (exact) mass is 743 g/mol. The van der Waals surface area contributed by atoms with E-state index in [-0.39, 0.29) is 52.4 Å². The van der Waals surface area contributed by atoms with Gasteiger partial charge in [-0.2, -0.15) is 5.10 Å². The quantitative estimate of drug-likeness (QED) is 0.194. The molecule has 3 atom stereocenters. The van der Waals surface area contributed by atoms with Crippen molar-refractivity contribution in [2.75, 3.05) is 18.5 Å². The fourth-order valence-corrected chi connectivity index (χ4v) is 8.04. The average molecular weight is 745 g/mol. The Morgan fingerprint density at radius 2 is 1.70 bits per heavy atom.